The molecule has 0 nitrogen and oxygen atoms in total. The van der Waals surface area contributed by atoms with E-state index in [0.29, 0.717) is 0 Å². The van der Waals surface area contributed by atoms with E-state index in [1.54, 1.807) is 0 Å². The number of rotatable bonds is 4. The second kappa shape index (κ2) is 10.6. The SMILES string of the molecule is Cc1ccc(-c2c(-c3ccc(C4(c5ccccc5)C5=C(c6ccccc6CC5)c5ccccc54)cc3)ccc3ccccc23)cc1. The highest BCUT2D eigenvalue weighted by Gasteiger charge is 2.48. The van der Waals surface area contributed by atoms with Gasteiger partial charge in [-0.05, 0) is 97.3 Å². The molecule has 1 atom stereocenters. The van der Waals surface area contributed by atoms with E-state index in [9.17, 15) is 0 Å². The van der Waals surface area contributed by atoms with Crippen molar-refractivity contribution in [2.45, 2.75) is 25.2 Å². The second-order valence-electron chi connectivity index (χ2n) is 12.8. The number of aryl methyl sites for hydroxylation is 2. The molecule has 0 heterocycles. The van der Waals surface area contributed by atoms with Crippen molar-refractivity contribution in [3.63, 3.8) is 0 Å². The molecule has 0 bridgehead atoms. The lowest BCUT2D eigenvalue weighted by atomic mass is 9.65. The van der Waals surface area contributed by atoms with Crippen LogP contribution in [0.5, 0.6) is 0 Å². The highest BCUT2D eigenvalue weighted by Crippen LogP contribution is 2.59. The van der Waals surface area contributed by atoms with E-state index >= 15 is 0 Å². The van der Waals surface area contributed by atoms with Crippen LogP contribution in [-0.2, 0) is 11.8 Å². The van der Waals surface area contributed by atoms with Crippen molar-refractivity contribution >= 4 is 16.3 Å². The molecule has 0 saturated carbocycles. The third-order valence-corrected chi connectivity index (χ3v) is 10.4. The van der Waals surface area contributed by atoms with Crippen molar-refractivity contribution in [2.24, 2.45) is 0 Å². The fraction of sp³-hybridized carbons (Fsp3) is 0.0870. The van der Waals surface area contributed by atoms with Crippen LogP contribution in [-0.4, -0.2) is 0 Å². The van der Waals surface area contributed by atoms with Crippen LogP contribution in [0.25, 0.3) is 38.6 Å². The van der Waals surface area contributed by atoms with E-state index in [4.69, 9.17) is 0 Å². The molecular weight excluding hydrogens is 553 g/mol. The van der Waals surface area contributed by atoms with Crippen molar-refractivity contribution < 1.29 is 0 Å². The summed E-state index contributed by atoms with van der Waals surface area (Å²) in [5.74, 6) is 0. The van der Waals surface area contributed by atoms with Gasteiger partial charge in [0.05, 0.1) is 5.41 Å². The van der Waals surface area contributed by atoms with Gasteiger partial charge in [-0.25, -0.2) is 0 Å². The summed E-state index contributed by atoms with van der Waals surface area (Å²) >= 11 is 0. The molecule has 2 aliphatic carbocycles. The maximum atomic E-state index is 2.41. The first-order chi connectivity index (χ1) is 22.7. The Hall–Kier alpha value is -5.46. The zero-order valence-corrected chi connectivity index (χ0v) is 26.0. The normalized spacial score (nSPS) is 16.6. The lowest BCUT2D eigenvalue weighted by molar-refractivity contribution is 0.690. The first-order valence-electron chi connectivity index (χ1n) is 16.4. The zero-order chi connectivity index (χ0) is 30.7. The Bertz CT molecular complexity index is 2290. The first kappa shape index (κ1) is 26.9. The molecule has 0 aromatic heterocycles. The third-order valence-electron chi connectivity index (χ3n) is 10.4. The van der Waals surface area contributed by atoms with Gasteiger partial charge in [-0.1, -0.05) is 169 Å². The Balaban J connectivity index is 1.28. The van der Waals surface area contributed by atoms with Crippen molar-refractivity contribution in [1.82, 2.24) is 0 Å². The minimum atomic E-state index is -0.345. The molecule has 0 spiro atoms. The minimum Gasteiger partial charge on any atom is -0.0622 e. The minimum absolute atomic E-state index is 0.345. The van der Waals surface area contributed by atoms with Crippen LogP contribution in [0.15, 0.2) is 169 Å². The molecule has 0 aliphatic heterocycles. The molecule has 0 N–H and O–H groups in total. The van der Waals surface area contributed by atoms with Crippen molar-refractivity contribution in [1.29, 1.82) is 0 Å². The van der Waals surface area contributed by atoms with E-state index in [0.717, 1.165) is 12.8 Å². The van der Waals surface area contributed by atoms with Gasteiger partial charge in [-0.3, -0.25) is 0 Å². The third kappa shape index (κ3) is 3.93. The average Bonchev–Trinajstić information content (AvgIpc) is 3.43. The predicted molar refractivity (Wildman–Crippen MR) is 193 cm³/mol. The molecule has 2 aliphatic rings. The van der Waals surface area contributed by atoms with E-state index in [1.165, 1.54) is 83.1 Å². The Labute approximate surface area is 271 Å². The van der Waals surface area contributed by atoms with Crippen LogP contribution >= 0.6 is 0 Å². The molecule has 0 amide bonds. The van der Waals surface area contributed by atoms with E-state index in [1.807, 2.05) is 0 Å². The molecule has 7 aromatic rings. The van der Waals surface area contributed by atoms with Gasteiger partial charge in [-0.2, -0.15) is 0 Å². The summed E-state index contributed by atoms with van der Waals surface area (Å²) in [5, 5.41) is 2.55. The van der Waals surface area contributed by atoms with Crippen molar-refractivity contribution in [3.8, 4) is 22.3 Å². The molecule has 1 unspecified atom stereocenters. The molecule has 9 rings (SSSR count). The monoisotopic (exact) mass is 586 g/mol. The summed E-state index contributed by atoms with van der Waals surface area (Å²) in [6.07, 6.45) is 2.10. The average molecular weight is 587 g/mol. The number of hydrogen-bond donors (Lipinski definition) is 0. The highest BCUT2D eigenvalue weighted by atomic mass is 14.5. The van der Waals surface area contributed by atoms with Crippen LogP contribution < -0.4 is 0 Å². The van der Waals surface area contributed by atoms with E-state index in [2.05, 4.69) is 171 Å². The second-order valence-corrected chi connectivity index (χ2v) is 12.8. The molecule has 0 radical (unpaired) electrons. The number of benzene rings is 7. The summed E-state index contributed by atoms with van der Waals surface area (Å²) < 4.78 is 0. The van der Waals surface area contributed by atoms with Gasteiger partial charge in [0.1, 0.15) is 0 Å². The van der Waals surface area contributed by atoms with Crippen LogP contribution in [0.1, 0.15) is 45.4 Å². The number of hydrogen-bond acceptors (Lipinski definition) is 0. The van der Waals surface area contributed by atoms with Gasteiger partial charge in [-0.15, -0.1) is 0 Å². The van der Waals surface area contributed by atoms with Gasteiger partial charge >= 0.3 is 0 Å². The van der Waals surface area contributed by atoms with E-state index in [-0.39, 0.29) is 5.41 Å². The standard InChI is InChI=1S/C46H34/c1-31-19-21-35(22-20-31)44-38-15-7-5-11-32(38)25-29-40(44)34-23-27-37(28-24-34)46(36-13-3-2-4-14-36)42-18-10-9-17-41(42)45-39-16-8-6-12-33(39)26-30-43(45)46/h2-25,27-29H,26,30H2,1H3. The van der Waals surface area contributed by atoms with Crippen LogP contribution in [0.4, 0.5) is 0 Å². The van der Waals surface area contributed by atoms with Gasteiger partial charge < -0.3 is 0 Å². The lowest BCUT2D eigenvalue weighted by Gasteiger charge is -2.37. The van der Waals surface area contributed by atoms with E-state index < -0.39 is 0 Å². The van der Waals surface area contributed by atoms with Crippen LogP contribution in [0, 0.1) is 6.92 Å². The van der Waals surface area contributed by atoms with Gasteiger partial charge in [0.15, 0.2) is 0 Å². The molecule has 218 valence electrons. The molecule has 0 saturated heterocycles. The molecule has 0 fully saturated rings. The molecule has 7 aromatic carbocycles. The first-order valence-corrected chi connectivity index (χ1v) is 16.4. The van der Waals surface area contributed by atoms with Crippen LogP contribution in [0.2, 0.25) is 0 Å². The van der Waals surface area contributed by atoms with Gasteiger partial charge in [0, 0.05) is 0 Å². The molecular formula is C46H34. The van der Waals surface area contributed by atoms with Crippen molar-refractivity contribution in [2.75, 3.05) is 0 Å². The summed E-state index contributed by atoms with van der Waals surface area (Å²) in [5.41, 5.74) is 17.2. The molecule has 0 heteroatoms. The highest BCUT2D eigenvalue weighted by molar-refractivity contribution is 6.04. The van der Waals surface area contributed by atoms with Gasteiger partial charge in [0.25, 0.3) is 0 Å². The van der Waals surface area contributed by atoms with Gasteiger partial charge in [0.2, 0.25) is 0 Å². The summed E-state index contributed by atoms with van der Waals surface area (Å²) in [6.45, 7) is 2.15. The summed E-state index contributed by atoms with van der Waals surface area (Å²) in [6, 6.07) is 61.2. The lowest BCUT2D eigenvalue weighted by Crippen LogP contribution is -2.30. The summed E-state index contributed by atoms with van der Waals surface area (Å²) in [7, 11) is 0. The Morgan fingerprint density at radius 2 is 1.11 bits per heavy atom. The topological polar surface area (TPSA) is 0 Å². The number of allylic oxidation sites excluding steroid dienone is 1. The Morgan fingerprint density at radius 3 is 1.93 bits per heavy atom. The molecule has 46 heavy (non-hydrogen) atoms. The Morgan fingerprint density at radius 1 is 0.457 bits per heavy atom. The fourth-order valence-corrected chi connectivity index (χ4v) is 8.36. The largest absolute Gasteiger partial charge is 0.0676 e. The maximum absolute atomic E-state index is 2.41. The quantitative estimate of drug-likeness (QED) is 0.192. The Kier molecular flexibility index (Phi) is 6.18. The summed E-state index contributed by atoms with van der Waals surface area (Å²) in [4.78, 5) is 0. The number of fused-ring (bicyclic) bond motifs is 5. The predicted octanol–water partition coefficient (Wildman–Crippen LogP) is 11.6. The smallest absolute Gasteiger partial charge is 0.0622 e. The fourth-order valence-electron chi connectivity index (χ4n) is 8.36. The van der Waals surface area contributed by atoms with Crippen molar-refractivity contribution in [3.05, 3.63) is 208 Å². The maximum Gasteiger partial charge on any atom is 0.0676 e. The zero-order valence-electron chi connectivity index (χ0n) is 26.0. The van der Waals surface area contributed by atoms with Crippen LogP contribution in [0.3, 0.4) is 0 Å².